The highest BCUT2D eigenvalue weighted by Crippen LogP contribution is 2.50. The molecule has 0 saturated heterocycles. The zero-order valence-corrected chi connectivity index (χ0v) is 18.1. The number of hydrogen-bond donors (Lipinski definition) is 0. The van der Waals surface area contributed by atoms with Gasteiger partial charge in [0.25, 0.3) is 0 Å². The van der Waals surface area contributed by atoms with Gasteiger partial charge in [-0.1, -0.05) is 68.4 Å². The predicted molar refractivity (Wildman–Crippen MR) is 128 cm³/mol. The van der Waals surface area contributed by atoms with Crippen LogP contribution in [-0.4, -0.2) is 0 Å². The summed E-state index contributed by atoms with van der Waals surface area (Å²) in [5.41, 5.74) is 11.6. The first-order chi connectivity index (χ1) is 14.4. The Morgan fingerprint density at radius 2 is 1.10 bits per heavy atom. The number of nitrogens with zero attached hydrogens (tertiary/aromatic N) is 1. The lowest BCUT2D eigenvalue weighted by Crippen LogP contribution is -2.16. The van der Waals surface area contributed by atoms with Crippen LogP contribution in [0.1, 0.15) is 36.1 Å². The maximum atomic E-state index is 2.39. The fraction of sp³-hybridized carbons (Fsp3) is 0.172. The van der Waals surface area contributed by atoms with Crippen LogP contribution in [0.15, 0.2) is 91.0 Å². The van der Waals surface area contributed by atoms with E-state index in [1.807, 2.05) is 0 Å². The Morgan fingerprint density at radius 1 is 0.533 bits per heavy atom. The maximum Gasteiger partial charge on any atom is 0.0465 e. The molecule has 0 amide bonds. The summed E-state index contributed by atoms with van der Waals surface area (Å²) in [4.78, 5) is 2.37. The van der Waals surface area contributed by atoms with E-state index in [2.05, 4.69) is 124 Å². The molecule has 0 heterocycles. The third-order valence-corrected chi connectivity index (χ3v) is 6.34. The highest BCUT2D eigenvalue weighted by atomic mass is 15.1. The summed E-state index contributed by atoms with van der Waals surface area (Å²) in [5.74, 6) is 0. The molecule has 0 spiro atoms. The van der Waals surface area contributed by atoms with Crippen molar-refractivity contribution in [2.45, 2.75) is 33.1 Å². The standard InChI is InChI=1S/C29H27N/c1-20-9-7-11-22(17-20)30(23-12-8-10-21(2)18-23)24-15-16-26-25-13-5-6-14-27(25)29(3,4)28(26)19-24/h5-19H,1-4H3. The van der Waals surface area contributed by atoms with Crippen LogP contribution in [0.4, 0.5) is 17.1 Å². The third kappa shape index (κ3) is 2.93. The topological polar surface area (TPSA) is 3.24 Å². The molecule has 0 N–H and O–H groups in total. The van der Waals surface area contributed by atoms with Crippen LogP contribution >= 0.6 is 0 Å². The Labute approximate surface area is 179 Å². The van der Waals surface area contributed by atoms with Crippen molar-refractivity contribution in [3.63, 3.8) is 0 Å². The fourth-order valence-corrected chi connectivity index (χ4v) is 4.81. The minimum absolute atomic E-state index is 0.00713. The van der Waals surface area contributed by atoms with Gasteiger partial charge in [0.1, 0.15) is 0 Å². The van der Waals surface area contributed by atoms with Gasteiger partial charge in [-0.25, -0.2) is 0 Å². The number of rotatable bonds is 3. The Morgan fingerprint density at radius 3 is 1.73 bits per heavy atom. The maximum absolute atomic E-state index is 2.39. The van der Waals surface area contributed by atoms with Gasteiger partial charge in [-0.3, -0.25) is 0 Å². The zero-order chi connectivity index (χ0) is 20.9. The second-order valence-electron chi connectivity index (χ2n) is 8.91. The predicted octanol–water partition coefficient (Wildman–Crippen LogP) is 8.08. The van der Waals surface area contributed by atoms with Crippen molar-refractivity contribution in [1.82, 2.24) is 0 Å². The number of fused-ring (bicyclic) bond motifs is 3. The van der Waals surface area contributed by atoms with Gasteiger partial charge in [-0.05, 0) is 83.6 Å². The molecule has 0 unspecified atom stereocenters. The largest absolute Gasteiger partial charge is 0.310 e. The summed E-state index contributed by atoms with van der Waals surface area (Å²) < 4.78 is 0. The summed E-state index contributed by atoms with van der Waals surface area (Å²) in [6.45, 7) is 8.98. The lowest BCUT2D eigenvalue weighted by atomic mass is 9.82. The van der Waals surface area contributed by atoms with Crippen LogP contribution in [0.3, 0.4) is 0 Å². The smallest absolute Gasteiger partial charge is 0.0465 e. The molecule has 0 aliphatic heterocycles. The van der Waals surface area contributed by atoms with Crippen molar-refractivity contribution in [2.24, 2.45) is 0 Å². The molecular formula is C29H27N. The number of benzene rings is 4. The molecule has 0 aromatic heterocycles. The normalized spacial score (nSPS) is 13.6. The first kappa shape index (κ1) is 18.7. The average molecular weight is 390 g/mol. The minimum atomic E-state index is -0.00713. The molecule has 5 rings (SSSR count). The molecule has 1 aliphatic rings. The molecule has 0 saturated carbocycles. The van der Waals surface area contributed by atoms with Crippen molar-refractivity contribution in [2.75, 3.05) is 4.90 Å². The van der Waals surface area contributed by atoms with Crippen molar-refractivity contribution in [3.05, 3.63) is 113 Å². The van der Waals surface area contributed by atoms with Crippen molar-refractivity contribution >= 4 is 17.1 Å². The summed E-state index contributed by atoms with van der Waals surface area (Å²) in [7, 11) is 0. The summed E-state index contributed by atoms with van der Waals surface area (Å²) in [5, 5.41) is 0. The molecule has 1 heteroatoms. The average Bonchev–Trinajstić information content (AvgIpc) is 2.96. The molecule has 30 heavy (non-hydrogen) atoms. The lowest BCUT2D eigenvalue weighted by Gasteiger charge is -2.28. The van der Waals surface area contributed by atoms with Crippen molar-refractivity contribution in [3.8, 4) is 11.1 Å². The lowest BCUT2D eigenvalue weighted by molar-refractivity contribution is 0.660. The first-order valence-electron chi connectivity index (χ1n) is 10.6. The van der Waals surface area contributed by atoms with Crippen LogP contribution in [-0.2, 0) is 5.41 Å². The van der Waals surface area contributed by atoms with Crippen LogP contribution in [0.2, 0.25) is 0 Å². The van der Waals surface area contributed by atoms with E-state index >= 15 is 0 Å². The molecule has 4 aromatic rings. The Balaban J connectivity index is 1.71. The molecule has 1 nitrogen and oxygen atoms in total. The van der Waals surface area contributed by atoms with Crippen LogP contribution < -0.4 is 4.90 Å². The van der Waals surface area contributed by atoms with Gasteiger partial charge in [0.05, 0.1) is 0 Å². The molecule has 4 aromatic carbocycles. The molecule has 1 aliphatic carbocycles. The highest BCUT2D eigenvalue weighted by molar-refractivity contribution is 5.85. The molecule has 0 fully saturated rings. The summed E-state index contributed by atoms with van der Waals surface area (Å²) in [6, 6.07) is 33.3. The van der Waals surface area contributed by atoms with Gasteiger partial charge in [-0.2, -0.15) is 0 Å². The van der Waals surface area contributed by atoms with E-state index < -0.39 is 0 Å². The van der Waals surface area contributed by atoms with Crippen molar-refractivity contribution < 1.29 is 0 Å². The third-order valence-electron chi connectivity index (χ3n) is 6.34. The van der Waals surface area contributed by atoms with Gasteiger partial charge in [-0.15, -0.1) is 0 Å². The van der Waals surface area contributed by atoms with Crippen LogP contribution in [0, 0.1) is 13.8 Å². The monoisotopic (exact) mass is 389 g/mol. The zero-order valence-electron chi connectivity index (χ0n) is 18.1. The molecule has 0 bridgehead atoms. The number of hydrogen-bond acceptors (Lipinski definition) is 1. The van der Waals surface area contributed by atoms with Gasteiger partial charge in [0.2, 0.25) is 0 Å². The van der Waals surface area contributed by atoms with E-state index in [0.29, 0.717) is 0 Å². The van der Waals surface area contributed by atoms with Crippen molar-refractivity contribution in [1.29, 1.82) is 0 Å². The SMILES string of the molecule is Cc1cccc(N(c2cccc(C)c2)c2ccc3c(c2)C(C)(C)c2ccccc2-3)c1. The number of anilines is 3. The minimum Gasteiger partial charge on any atom is -0.310 e. The van der Waals surface area contributed by atoms with Gasteiger partial charge in [0, 0.05) is 22.5 Å². The quantitative estimate of drug-likeness (QED) is 0.342. The van der Waals surface area contributed by atoms with E-state index in [4.69, 9.17) is 0 Å². The van der Waals surface area contributed by atoms with Gasteiger partial charge < -0.3 is 4.90 Å². The van der Waals surface area contributed by atoms with Crippen LogP contribution in [0.25, 0.3) is 11.1 Å². The Kier molecular flexibility index (Phi) is 4.29. The Hall–Kier alpha value is -3.32. The molecular weight excluding hydrogens is 362 g/mol. The molecule has 0 radical (unpaired) electrons. The number of aryl methyl sites for hydroxylation is 2. The first-order valence-corrected chi connectivity index (χ1v) is 10.6. The fourth-order valence-electron chi connectivity index (χ4n) is 4.81. The molecule has 148 valence electrons. The highest BCUT2D eigenvalue weighted by Gasteiger charge is 2.35. The molecule has 0 atom stereocenters. The summed E-state index contributed by atoms with van der Waals surface area (Å²) >= 11 is 0. The van der Waals surface area contributed by atoms with E-state index in [9.17, 15) is 0 Å². The van der Waals surface area contributed by atoms with E-state index in [1.165, 1.54) is 50.4 Å². The van der Waals surface area contributed by atoms with E-state index in [1.54, 1.807) is 0 Å². The second kappa shape index (κ2) is 6.88. The van der Waals surface area contributed by atoms with Gasteiger partial charge >= 0.3 is 0 Å². The van der Waals surface area contributed by atoms with E-state index in [0.717, 1.165) is 0 Å². The summed E-state index contributed by atoms with van der Waals surface area (Å²) in [6.07, 6.45) is 0. The van der Waals surface area contributed by atoms with Crippen LogP contribution in [0.5, 0.6) is 0 Å². The Bertz CT molecular complexity index is 1200. The second-order valence-corrected chi connectivity index (χ2v) is 8.91. The van der Waals surface area contributed by atoms with E-state index in [-0.39, 0.29) is 5.41 Å². The van der Waals surface area contributed by atoms with Gasteiger partial charge in [0.15, 0.2) is 0 Å².